The second-order valence-corrected chi connectivity index (χ2v) is 5.56. The molecule has 0 aromatic heterocycles. The standard InChI is InChI=1S/C11H12INO3S/c12-9-3-1-2-8(6-9)11(16)13-4-5-17-7-10(14)15/h1-3,6H,4-5,7H2,(H,13,16)(H,14,15). The van der Waals surface area contributed by atoms with E-state index in [4.69, 9.17) is 5.11 Å². The highest BCUT2D eigenvalue weighted by molar-refractivity contribution is 14.1. The first kappa shape index (κ1) is 14.3. The number of carboxylic acids is 1. The van der Waals surface area contributed by atoms with Crippen LogP contribution in [0.4, 0.5) is 0 Å². The summed E-state index contributed by atoms with van der Waals surface area (Å²) in [6, 6.07) is 7.30. The van der Waals surface area contributed by atoms with Crippen LogP contribution in [-0.4, -0.2) is 35.0 Å². The van der Waals surface area contributed by atoms with Crippen LogP contribution in [0, 0.1) is 3.57 Å². The fourth-order valence-corrected chi connectivity index (χ4v) is 2.24. The number of thioether (sulfide) groups is 1. The molecule has 0 atom stereocenters. The van der Waals surface area contributed by atoms with E-state index < -0.39 is 5.97 Å². The van der Waals surface area contributed by atoms with Gasteiger partial charge in [0, 0.05) is 21.4 Å². The van der Waals surface area contributed by atoms with Crippen molar-refractivity contribution in [1.82, 2.24) is 5.32 Å². The number of carboxylic acid groups (broad SMARTS) is 1. The smallest absolute Gasteiger partial charge is 0.313 e. The number of carbonyl (C=O) groups is 2. The molecule has 4 nitrogen and oxygen atoms in total. The van der Waals surface area contributed by atoms with Crippen molar-refractivity contribution in [3.05, 3.63) is 33.4 Å². The lowest BCUT2D eigenvalue weighted by Crippen LogP contribution is -2.26. The van der Waals surface area contributed by atoms with Crippen LogP contribution in [0.2, 0.25) is 0 Å². The topological polar surface area (TPSA) is 66.4 Å². The molecule has 1 aromatic rings. The Morgan fingerprint density at radius 2 is 2.18 bits per heavy atom. The first-order valence-corrected chi connectivity index (χ1v) is 7.16. The normalized spacial score (nSPS) is 9.94. The molecule has 0 saturated heterocycles. The Labute approximate surface area is 117 Å². The SMILES string of the molecule is O=C(O)CSCCNC(=O)c1cccc(I)c1. The summed E-state index contributed by atoms with van der Waals surface area (Å²) in [7, 11) is 0. The summed E-state index contributed by atoms with van der Waals surface area (Å²) in [5, 5.41) is 11.2. The summed E-state index contributed by atoms with van der Waals surface area (Å²) in [6.07, 6.45) is 0. The minimum atomic E-state index is -0.834. The van der Waals surface area contributed by atoms with Gasteiger partial charge in [-0.1, -0.05) is 6.07 Å². The maximum Gasteiger partial charge on any atom is 0.313 e. The van der Waals surface area contributed by atoms with E-state index in [-0.39, 0.29) is 11.7 Å². The second-order valence-electron chi connectivity index (χ2n) is 3.21. The number of halogens is 1. The average Bonchev–Trinajstić information content (AvgIpc) is 2.28. The molecule has 2 N–H and O–H groups in total. The van der Waals surface area contributed by atoms with Crippen LogP contribution in [0.5, 0.6) is 0 Å². The van der Waals surface area contributed by atoms with Crippen molar-refractivity contribution in [3.63, 3.8) is 0 Å². The highest BCUT2D eigenvalue weighted by Gasteiger charge is 2.04. The quantitative estimate of drug-likeness (QED) is 0.597. The number of hydrogen-bond donors (Lipinski definition) is 2. The molecule has 0 aliphatic carbocycles. The number of hydrogen-bond acceptors (Lipinski definition) is 3. The summed E-state index contributed by atoms with van der Waals surface area (Å²) in [4.78, 5) is 21.9. The Hall–Kier alpha value is -0.760. The Balaban J connectivity index is 2.28. The van der Waals surface area contributed by atoms with E-state index in [2.05, 4.69) is 27.9 Å². The highest BCUT2D eigenvalue weighted by atomic mass is 127. The van der Waals surface area contributed by atoms with Gasteiger partial charge in [-0.05, 0) is 40.8 Å². The minimum absolute atomic E-state index is 0.0686. The fraction of sp³-hybridized carbons (Fsp3) is 0.273. The van der Waals surface area contributed by atoms with Crippen LogP contribution in [-0.2, 0) is 4.79 Å². The number of amides is 1. The lowest BCUT2D eigenvalue weighted by molar-refractivity contribution is -0.133. The van der Waals surface area contributed by atoms with Gasteiger partial charge in [0.05, 0.1) is 5.75 Å². The van der Waals surface area contributed by atoms with Crippen LogP contribution >= 0.6 is 34.4 Å². The molecular weight excluding hydrogens is 353 g/mol. The Bertz CT molecular complexity index is 411. The van der Waals surface area contributed by atoms with Crippen LogP contribution in [0.1, 0.15) is 10.4 Å². The van der Waals surface area contributed by atoms with Gasteiger partial charge in [0.15, 0.2) is 0 Å². The van der Waals surface area contributed by atoms with E-state index in [1.165, 1.54) is 11.8 Å². The van der Waals surface area contributed by atoms with Crippen molar-refractivity contribution in [2.24, 2.45) is 0 Å². The zero-order valence-corrected chi connectivity index (χ0v) is 12.0. The molecule has 1 amide bonds. The van der Waals surface area contributed by atoms with Crippen molar-refractivity contribution >= 4 is 46.2 Å². The number of aliphatic carboxylic acids is 1. The van der Waals surface area contributed by atoms with E-state index in [0.29, 0.717) is 17.9 Å². The molecule has 1 rings (SSSR count). The van der Waals surface area contributed by atoms with Crippen LogP contribution < -0.4 is 5.32 Å². The summed E-state index contributed by atoms with van der Waals surface area (Å²) in [5.74, 6) is -0.292. The van der Waals surface area contributed by atoms with Gasteiger partial charge in [-0.2, -0.15) is 0 Å². The van der Waals surface area contributed by atoms with Gasteiger partial charge in [0.1, 0.15) is 0 Å². The Morgan fingerprint density at radius 1 is 1.41 bits per heavy atom. The molecule has 0 fully saturated rings. The summed E-state index contributed by atoms with van der Waals surface area (Å²) in [6.45, 7) is 0.474. The molecule has 0 radical (unpaired) electrons. The van der Waals surface area contributed by atoms with Crippen molar-refractivity contribution in [3.8, 4) is 0 Å². The average molecular weight is 365 g/mol. The highest BCUT2D eigenvalue weighted by Crippen LogP contribution is 2.07. The molecule has 0 heterocycles. The minimum Gasteiger partial charge on any atom is -0.481 e. The molecule has 0 spiro atoms. The molecule has 0 aliphatic heterocycles. The monoisotopic (exact) mass is 365 g/mol. The van der Waals surface area contributed by atoms with E-state index in [0.717, 1.165) is 3.57 Å². The van der Waals surface area contributed by atoms with E-state index in [9.17, 15) is 9.59 Å². The third-order valence-corrected chi connectivity index (χ3v) is 3.46. The van der Waals surface area contributed by atoms with Gasteiger partial charge >= 0.3 is 5.97 Å². The maximum absolute atomic E-state index is 11.7. The van der Waals surface area contributed by atoms with Crippen LogP contribution in [0.25, 0.3) is 0 Å². The molecular formula is C11H12INO3S. The first-order valence-electron chi connectivity index (χ1n) is 4.93. The molecule has 0 aliphatic rings. The largest absolute Gasteiger partial charge is 0.481 e. The number of rotatable bonds is 6. The van der Waals surface area contributed by atoms with Gasteiger partial charge in [0.2, 0.25) is 0 Å². The molecule has 0 saturated carbocycles. The molecule has 1 aromatic carbocycles. The molecule has 6 heteroatoms. The third kappa shape index (κ3) is 5.92. The zero-order chi connectivity index (χ0) is 12.7. The van der Waals surface area contributed by atoms with Gasteiger partial charge in [-0.25, -0.2) is 0 Å². The fourth-order valence-electron chi connectivity index (χ4n) is 1.13. The van der Waals surface area contributed by atoms with Gasteiger partial charge in [-0.15, -0.1) is 11.8 Å². The molecule has 92 valence electrons. The summed E-state index contributed by atoms with van der Waals surface area (Å²) < 4.78 is 1.01. The number of nitrogens with one attached hydrogen (secondary N) is 1. The molecule has 0 bridgehead atoms. The third-order valence-electron chi connectivity index (χ3n) is 1.84. The predicted molar refractivity (Wildman–Crippen MR) is 76.5 cm³/mol. The zero-order valence-electron chi connectivity index (χ0n) is 8.98. The van der Waals surface area contributed by atoms with Crippen molar-refractivity contribution in [2.45, 2.75) is 0 Å². The van der Waals surface area contributed by atoms with Gasteiger partial charge in [0.25, 0.3) is 5.91 Å². The lowest BCUT2D eigenvalue weighted by atomic mass is 10.2. The van der Waals surface area contributed by atoms with Crippen LogP contribution in [0.3, 0.4) is 0 Å². The lowest BCUT2D eigenvalue weighted by Gasteiger charge is -2.04. The molecule has 17 heavy (non-hydrogen) atoms. The van der Waals surface area contributed by atoms with Crippen molar-refractivity contribution < 1.29 is 14.7 Å². The second kappa shape index (κ2) is 7.54. The van der Waals surface area contributed by atoms with Gasteiger partial charge < -0.3 is 10.4 Å². The summed E-state index contributed by atoms with van der Waals surface area (Å²) in [5.41, 5.74) is 0.625. The predicted octanol–water partition coefficient (Wildman–Crippen LogP) is 1.84. The van der Waals surface area contributed by atoms with Crippen molar-refractivity contribution in [1.29, 1.82) is 0 Å². The summed E-state index contributed by atoms with van der Waals surface area (Å²) >= 11 is 3.43. The van der Waals surface area contributed by atoms with E-state index >= 15 is 0 Å². The van der Waals surface area contributed by atoms with Crippen LogP contribution in [0.15, 0.2) is 24.3 Å². The Kier molecular flexibility index (Phi) is 6.35. The number of benzene rings is 1. The van der Waals surface area contributed by atoms with Gasteiger partial charge in [-0.3, -0.25) is 9.59 Å². The molecule has 0 unspecified atom stereocenters. The van der Waals surface area contributed by atoms with E-state index in [1.807, 2.05) is 12.1 Å². The maximum atomic E-state index is 11.7. The van der Waals surface area contributed by atoms with E-state index in [1.54, 1.807) is 12.1 Å². The first-order chi connectivity index (χ1) is 8.09. The van der Waals surface area contributed by atoms with Crippen molar-refractivity contribution in [2.75, 3.05) is 18.1 Å². The Morgan fingerprint density at radius 3 is 2.82 bits per heavy atom. The number of carbonyl (C=O) groups excluding carboxylic acids is 1.